The van der Waals surface area contributed by atoms with Crippen LogP contribution in [0.2, 0.25) is 5.02 Å². The maximum atomic E-state index is 12.5. The van der Waals surface area contributed by atoms with Gasteiger partial charge >= 0.3 is 0 Å². The minimum absolute atomic E-state index is 0.0304. The minimum Gasteiger partial charge on any atom is -0.491 e. The molecule has 26 heavy (non-hydrogen) atoms. The number of fused-ring (bicyclic) bond motifs is 1. The van der Waals surface area contributed by atoms with Crippen molar-refractivity contribution in [2.24, 2.45) is 0 Å². The molecule has 0 saturated carbocycles. The molecule has 6 nitrogen and oxygen atoms in total. The van der Waals surface area contributed by atoms with Crippen LogP contribution in [0.5, 0.6) is 5.75 Å². The molecular weight excluding hydrogens is 354 g/mol. The molecular formula is C19H16ClN3O3. The maximum Gasteiger partial charge on any atom is 0.261 e. The number of nitriles is 1. The van der Waals surface area contributed by atoms with Gasteiger partial charge in [-0.05, 0) is 35.9 Å². The van der Waals surface area contributed by atoms with Crippen LogP contribution in [0.3, 0.4) is 0 Å². The molecule has 1 atom stereocenters. The zero-order chi connectivity index (χ0) is 18.5. The Morgan fingerprint density at radius 3 is 2.77 bits per heavy atom. The summed E-state index contributed by atoms with van der Waals surface area (Å²) < 4.78 is 6.88. The van der Waals surface area contributed by atoms with Crippen molar-refractivity contribution in [2.45, 2.75) is 19.1 Å². The fourth-order valence-electron chi connectivity index (χ4n) is 2.53. The summed E-state index contributed by atoms with van der Waals surface area (Å²) in [6.45, 7) is 0.0968. The third-order valence-corrected chi connectivity index (χ3v) is 4.08. The van der Waals surface area contributed by atoms with E-state index in [9.17, 15) is 9.90 Å². The SMILES string of the molecule is N#CCc1ccc(OC[C@H](O)Cn2cnc3cc(Cl)ccc3c2=O)cc1. The van der Waals surface area contributed by atoms with Crippen molar-refractivity contribution in [1.29, 1.82) is 5.26 Å². The molecule has 0 bridgehead atoms. The van der Waals surface area contributed by atoms with E-state index >= 15 is 0 Å². The molecule has 3 rings (SSSR count). The topological polar surface area (TPSA) is 88.1 Å². The number of benzene rings is 2. The summed E-state index contributed by atoms with van der Waals surface area (Å²) in [5, 5.41) is 19.8. The van der Waals surface area contributed by atoms with Crippen LogP contribution in [0.1, 0.15) is 5.56 Å². The van der Waals surface area contributed by atoms with Gasteiger partial charge in [0.15, 0.2) is 0 Å². The molecule has 0 aliphatic rings. The lowest BCUT2D eigenvalue weighted by Gasteiger charge is -2.14. The first-order valence-electron chi connectivity index (χ1n) is 7.98. The molecule has 0 aliphatic heterocycles. The Labute approximate surface area is 154 Å². The van der Waals surface area contributed by atoms with E-state index < -0.39 is 6.10 Å². The maximum absolute atomic E-state index is 12.5. The Hall–Kier alpha value is -2.88. The van der Waals surface area contributed by atoms with E-state index in [-0.39, 0.29) is 18.7 Å². The number of ether oxygens (including phenoxy) is 1. The molecule has 0 amide bonds. The van der Waals surface area contributed by atoms with E-state index in [1.54, 1.807) is 42.5 Å². The van der Waals surface area contributed by atoms with Gasteiger partial charge in [0.1, 0.15) is 18.5 Å². The number of nitrogens with zero attached hydrogens (tertiary/aromatic N) is 3. The van der Waals surface area contributed by atoms with Crippen molar-refractivity contribution in [3.8, 4) is 11.8 Å². The third kappa shape index (κ3) is 4.20. The molecule has 0 fully saturated rings. The summed E-state index contributed by atoms with van der Waals surface area (Å²) in [5.74, 6) is 0.587. The highest BCUT2D eigenvalue weighted by atomic mass is 35.5. The largest absolute Gasteiger partial charge is 0.491 e. The summed E-state index contributed by atoms with van der Waals surface area (Å²) in [6, 6.07) is 14.0. The van der Waals surface area contributed by atoms with Crippen molar-refractivity contribution in [3.63, 3.8) is 0 Å². The monoisotopic (exact) mass is 369 g/mol. The van der Waals surface area contributed by atoms with Crippen LogP contribution in [0.15, 0.2) is 53.6 Å². The average molecular weight is 370 g/mol. The van der Waals surface area contributed by atoms with Gasteiger partial charge in [-0.3, -0.25) is 9.36 Å². The highest BCUT2D eigenvalue weighted by Crippen LogP contribution is 2.15. The second kappa shape index (κ2) is 8.00. The number of hydrogen-bond donors (Lipinski definition) is 1. The lowest BCUT2D eigenvalue weighted by Crippen LogP contribution is -2.30. The van der Waals surface area contributed by atoms with Crippen LogP contribution in [0.4, 0.5) is 0 Å². The second-order valence-corrected chi connectivity index (χ2v) is 6.24. The Kier molecular flexibility index (Phi) is 5.52. The van der Waals surface area contributed by atoms with Crippen LogP contribution in [0, 0.1) is 11.3 Å². The van der Waals surface area contributed by atoms with Gasteiger partial charge in [0.05, 0.1) is 36.3 Å². The van der Waals surface area contributed by atoms with E-state index in [1.165, 1.54) is 10.9 Å². The zero-order valence-corrected chi connectivity index (χ0v) is 14.6. The molecule has 2 aromatic carbocycles. The van der Waals surface area contributed by atoms with E-state index in [0.29, 0.717) is 28.1 Å². The van der Waals surface area contributed by atoms with Crippen LogP contribution >= 0.6 is 11.6 Å². The number of hydrogen-bond acceptors (Lipinski definition) is 5. The molecule has 0 radical (unpaired) electrons. The standard InChI is InChI=1S/C19H16ClN3O3/c20-14-3-6-17-18(9-14)22-12-23(19(17)25)10-15(24)11-26-16-4-1-13(2-5-16)7-8-21/h1-6,9,12,15,24H,7,10-11H2/t15-/m1/s1. The quantitative estimate of drug-likeness (QED) is 0.721. The molecule has 0 spiro atoms. The number of aliphatic hydroxyl groups is 1. The first-order chi connectivity index (χ1) is 12.6. The smallest absolute Gasteiger partial charge is 0.261 e. The summed E-state index contributed by atoms with van der Waals surface area (Å²) in [4.78, 5) is 16.7. The molecule has 3 aromatic rings. The second-order valence-electron chi connectivity index (χ2n) is 5.81. The zero-order valence-electron chi connectivity index (χ0n) is 13.8. The van der Waals surface area contributed by atoms with Gasteiger partial charge in [-0.2, -0.15) is 5.26 Å². The van der Waals surface area contributed by atoms with Crippen molar-refractivity contribution >= 4 is 22.5 Å². The van der Waals surface area contributed by atoms with Crippen LogP contribution in [0.25, 0.3) is 10.9 Å². The van der Waals surface area contributed by atoms with E-state index in [4.69, 9.17) is 21.6 Å². The predicted molar refractivity (Wildman–Crippen MR) is 98.3 cm³/mol. The van der Waals surface area contributed by atoms with Gasteiger partial charge in [-0.1, -0.05) is 23.7 Å². The lowest BCUT2D eigenvalue weighted by atomic mass is 10.2. The summed E-state index contributed by atoms with van der Waals surface area (Å²) in [7, 11) is 0. The lowest BCUT2D eigenvalue weighted by molar-refractivity contribution is 0.0915. The number of aliphatic hydroxyl groups excluding tert-OH is 1. The molecule has 1 heterocycles. The molecule has 0 aliphatic carbocycles. The Balaban J connectivity index is 1.64. The van der Waals surface area contributed by atoms with Gasteiger partial charge in [0.2, 0.25) is 0 Å². The van der Waals surface area contributed by atoms with E-state index in [0.717, 1.165) is 5.56 Å². The Morgan fingerprint density at radius 2 is 2.04 bits per heavy atom. The van der Waals surface area contributed by atoms with E-state index in [1.807, 2.05) is 0 Å². The summed E-state index contributed by atoms with van der Waals surface area (Å²) in [6.07, 6.45) is 0.852. The number of aromatic nitrogens is 2. The first kappa shape index (κ1) is 17.9. The number of halogens is 1. The minimum atomic E-state index is -0.877. The van der Waals surface area contributed by atoms with Crippen molar-refractivity contribution in [3.05, 3.63) is 69.7 Å². The number of rotatable bonds is 6. The van der Waals surface area contributed by atoms with Crippen LogP contribution < -0.4 is 10.3 Å². The first-order valence-corrected chi connectivity index (χ1v) is 8.36. The van der Waals surface area contributed by atoms with Gasteiger partial charge in [-0.15, -0.1) is 0 Å². The molecule has 1 N–H and O–H groups in total. The Bertz CT molecular complexity index is 1010. The van der Waals surface area contributed by atoms with Gasteiger partial charge in [-0.25, -0.2) is 4.98 Å². The van der Waals surface area contributed by atoms with Gasteiger partial charge in [0.25, 0.3) is 5.56 Å². The summed E-state index contributed by atoms with van der Waals surface area (Å²) >= 11 is 5.90. The Morgan fingerprint density at radius 1 is 1.27 bits per heavy atom. The van der Waals surface area contributed by atoms with Crippen molar-refractivity contribution in [2.75, 3.05) is 6.61 Å². The third-order valence-electron chi connectivity index (χ3n) is 3.84. The van der Waals surface area contributed by atoms with E-state index in [2.05, 4.69) is 11.1 Å². The fourth-order valence-corrected chi connectivity index (χ4v) is 2.69. The normalized spacial score (nSPS) is 11.9. The van der Waals surface area contributed by atoms with Gasteiger partial charge < -0.3 is 9.84 Å². The van der Waals surface area contributed by atoms with Crippen molar-refractivity contribution in [1.82, 2.24) is 9.55 Å². The molecule has 1 aromatic heterocycles. The highest BCUT2D eigenvalue weighted by Gasteiger charge is 2.10. The van der Waals surface area contributed by atoms with Crippen LogP contribution in [-0.4, -0.2) is 27.4 Å². The molecule has 132 valence electrons. The predicted octanol–water partition coefficient (Wildman–Crippen LogP) is 2.56. The molecule has 0 saturated heterocycles. The van der Waals surface area contributed by atoms with Crippen molar-refractivity contribution < 1.29 is 9.84 Å². The highest BCUT2D eigenvalue weighted by molar-refractivity contribution is 6.31. The fraction of sp³-hybridized carbons (Fsp3) is 0.211. The molecule has 7 heteroatoms. The van der Waals surface area contributed by atoms with Gasteiger partial charge in [0, 0.05) is 5.02 Å². The molecule has 0 unspecified atom stereocenters. The average Bonchev–Trinajstić information content (AvgIpc) is 2.64. The summed E-state index contributed by atoms with van der Waals surface area (Å²) in [5.41, 5.74) is 1.17. The van der Waals surface area contributed by atoms with Crippen LogP contribution in [-0.2, 0) is 13.0 Å².